The molecule has 2 saturated heterocycles. The summed E-state index contributed by atoms with van der Waals surface area (Å²) < 4.78 is 10.9. The van der Waals surface area contributed by atoms with E-state index in [1.807, 2.05) is 97.1 Å². The number of hydrogen-bond acceptors (Lipinski definition) is 8. The van der Waals surface area contributed by atoms with Crippen LogP contribution in [0.15, 0.2) is 121 Å². The number of benzene rings is 5. The lowest BCUT2D eigenvalue weighted by Gasteiger charge is -2.29. The Labute approximate surface area is 338 Å². The molecule has 2 saturated carbocycles. The Hall–Kier alpha value is -6.42. The van der Waals surface area contributed by atoms with Crippen LogP contribution in [-0.2, 0) is 19.2 Å². The van der Waals surface area contributed by atoms with Crippen LogP contribution in [0.3, 0.4) is 0 Å². The lowest BCUT2D eigenvalue weighted by molar-refractivity contribution is -0.124. The smallest absolute Gasteiger partial charge is 0.237 e. The lowest BCUT2D eigenvalue weighted by atomic mass is 9.81. The minimum atomic E-state index is -0.214. The van der Waals surface area contributed by atoms with Gasteiger partial charge in [0.15, 0.2) is 0 Å². The maximum Gasteiger partial charge on any atom is 0.237 e. The molecule has 2 aliphatic carbocycles. The molecule has 0 spiro atoms. The van der Waals surface area contributed by atoms with E-state index in [0.29, 0.717) is 11.4 Å². The summed E-state index contributed by atoms with van der Waals surface area (Å²) in [6.07, 6.45) is 7.02. The largest absolute Gasteiger partial charge is 0.497 e. The van der Waals surface area contributed by atoms with Gasteiger partial charge < -0.3 is 19.3 Å². The highest BCUT2D eigenvalue weighted by molar-refractivity contribution is 6.23. The summed E-state index contributed by atoms with van der Waals surface area (Å²) in [5, 5.41) is 0. The van der Waals surface area contributed by atoms with Crippen LogP contribution in [0.25, 0.3) is 0 Å². The van der Waals surface area contributed by atoms with Crippen molar-refractivity contribution in [1.29, 1.82) is 0 Å². The van der Waals surface area contributed by atoms with Crippen molar-refractivity contribution in [1.82, 2.24) is 0 Å². The molecule has 0 radical (unpaired) electrons. The average Bonchev–Trinajstić information content (AvgIpc) is 3.69. The van der Waals surface area contributed by atoms with Gasteiger partial charge in [-0.15, -0.1) is 0 Å². The van der Waals surface area contributed by atoms with Crippen LogP contribution < -0.4 is 29.1 Å². The number of rotatable bonds is 10. The van der Waals surface area contributed by atoms with E-state index in [9.17, 15) is 19.2 Å². The van der Waals surface area contributed by atoms with Gasteiger partial charge >= 0.3 is 0 Å². The third-order valence-electron chi connectivity index (χ3n) is 12.4. The number of ether oxygens (including phenoxy) is 2. The van der Waals surface area contributed by atoms with Crippen molar-refractivity contribution >= 4 is 69.1 Å². The first-order chi connectivity index (χ1) is 28.3. The van der Waals surface area contributed by atoms with Gasteiger partial charge in [-0.1, -0.05) is 25.7 Å². The van der Waals surface area contributed by atoms with Crippen LogP contribution in [0.2, 0.25) is 0 Å². The SMILES string of the molecule is COc1ccc(N(c2ccc(N3C(=O)C4CCCCC4C3=O)cc2)c2ccc(N(c3ccc(OC)cc3)c3ccc(N4C(=O)C5CCCCC5C4=O)cc3)cc2)cc1. The zero-order chi connectivity index (χ0) is 39.9. The Bertz CT molecular complexity index is 2110. The summed E-state index contributed by atoms with van der Waals surface area (Å²) in [7, 11) is 3.28. The predicted octanol–water partition coefficient (Wildman–Crippen LogP) is 10.0. The fourth-order valence-electron chi connectivity index (χ4n) is 9.44. The zero-order valence-electron chi connectivity index (χ0n) is 32.8. The second kappa shape index (κ2) is 15.5. The highest BCUT2D eigenvalue weighted by Gasteiger charge is 2.49. The Morgan fingerprint density at radius 3 is 0.845 bits per heavy atom. The summed E-state index contributed by atoms with van der Waals surface area (Å²) in [6.45, 7) is 0. The third kappa shape index (κ3) is 6.56. The molecule has 5 aromatic carbocycles. The van der Waals surface area contributed by atoms with Gasteiger partial charge in [0.1, 0.15) is 11.5 Å². The molecule has 4 fully saturated rings. The van der Waals surface area contributed by atoms with Crippen LogP contribution in [0, 0.1) is 23.7 Å². The first-order valence-electron chi connectivity index (χ1n) is 20.3. The number of carbonyl (C=O) groups is 4. The van der Waals surface area contributed by atoms with E-state index in [1.54, 1.807) is 14.2 Å². The maximum absolute atomic E-state index is 13.4. The number of amides is 4. The highest BCUT2D eigenvalue weighted by Crippen LogP contribution is 2.44. The van der Waals surface area contributed by atoms with E-state index in [0.717, 1.165) is 97.0 Å². The van der Waals surface area contributed by atoms with Crippen LogP contribution in [-0.4, -0.2) is 37.8 Å². The quantitative estimate of drug-likeness (QED) is 0.129. The Balaban J connectivity index is 1.05. The number of imide groups is 2. The van der Waals surface area contributed by atoms with Gasteiger partial charge in [-0.05, 0) is 147 Å². The minimum Gasteiger partial charge on any atom is -0.497 e. The van der Waals surface area contributed by atoms with Crippen molar-refractivity contribution in [3.05, 3.63) is 121 Å². The molecular formula is C48H46N4O6. The maximum atomic E-state index is 13.4. The Kier molecular flexibility index (Phi) is 9.93. The van der Waals surface area contributed by atoms with Crippen LogP contribution >= 0.6 is 0 Å². The fraction of sp³-hybridized carbons (Fsp3) is 0.292. The van der Waals surface area contributed by atoms with Gasteiger partial charge in [0, 0.05) is 34.1 Å². The zero-order valence-corrected chi connectivity index (χ0v) is 32.8. The first kappa shape index (κ1) is 37.2. The minimum absolute atomic E-state index is 0.0863. The van der Waals surface area contributed by atoms with Crippen molar-refractivity contribution in [2.75, 3.05) is 33.8 Å². The molecular weight excluding hydrogens is 729 g/mol. The monoisotopic (exact) mass is 774 g/mol. The second-order valence-corrected chi connectivity index (χ2v) is 15.6. The van der Waals surface area contributed by atoms with Crippen LogP contribution in [0.1, 0.15) is 51.4 Å². The second-order valence-electron chi connectivity index (χ2n) is 15.6. The van der Waals surface area contributed by atoms with E-state index in [-0.39, 0.29) is 47.3 Å². The van der Waals surface area contributed by atoms with Crippen molar-refractivity contribution < 1.29 is 28.7 Å². The predicted molar refractivity (Wildman–Crippen MR) is 225 cm³/mol. The standard InChI is InChI=1S/C48H46N4O6/c1-57-39-27-23-35(24-28-39)49(33-15-19-37(20-16-33)51-45(53)41-7-3-4-8-42(41)46(51)54)31-11-13-32(14-12-31)50(36-25-29-40(58-2)30-26-36)34-17-21-38(22-18-34)52-47(55)43-9-5-6-10-44(43)48(52)56/h11-30,41-44H,3-10H2,1-2H3. The van der Waals surface area contributed by atoms with E-state index >= 15 is 0 Å². The van der Waals surface area contributed by atoms with Gasteiger partial charge in [-0.25, -0.2) is 0 Å². The summed E-state index contributed by atoms with van der Waals surface area (Å²) in [5.41, 5.74) is 6.46. The molecule has 4 amide bonds. The molecule has 2 aliphatic heterocycles. The van der Waals surface area contributed by atoms with Gasteiger partial charge in [0.25, 0.3) is 0 Å². The van der Waals surface area contributed by atoms with E-state index in [1.165, 1.54) is 9.80 Å². The van der Waals surface area contributed by atoms with E-state index < -0.39 is 0 Å². The van der Waals surface area contributed by atoms with Crippen molar-refractivity contribution in [2.45, 2.75) is 51.4 Å². The van der Waals surface area contributed by atoms with Crippen molar-refractivity contribution in [3.8, 4) is 11.5 Å². The fourth-order valence-corrected chi connectivity index (χ4v) is 9.44. The van der Waals surface area contributed by atoms with Crippen LogP contribution in [0.5, 0.6) is 11.5 Å². The van der Waals surface area contributed by atoms with Gasteiger partial charge in [0.2, 0.25) is 23.6 Å². The number of fused-ring (bicyclic) bond motifs is 2. The number of methoxy groups -OCH3 is 2. The summed E-state index contributed by atoms with van der Waals surface area (Å²) in [5.74, 6) is 0.269. The summed E-state index contributed by atoms with van der Waals surface area (Å²) in [4.78, 5) is 60.6. The highest BCUT2D eigenvalue weighted by atomic mass is 16.5. The number of hydrogen-bond donors (Lipinski definition) is 0. The molecule has 294 valence electrons. The Morgan fingerprint density at radius 2 is 0.603 bits per heavy atom. The molecule has 4 unspecified atom stereocenters. The molecule has 0 aromatic heterocycles. The lowest BCUT2D eigenvalue weighted by Crippen LogP contribution is -2.30. The number of carbonyl (C=O) groups excluding carboxylic acids is 4. The summed E-state index contributed by atoms with van der Waals surface area (Å²) >= 11 is 0. The molecule has 0 N–H and O–H groups in total. The van der Waals surface area contributed by atoms with Crippen molar-refractivity contribution in [2.24, 2.45) is 23.7 Å². The normalized spacial score (nSPS) is 21.5. The third-order valence-corrected chi connectivity index (χ3v) is 12.4. The van der Waals surface area contributed by atoms with E-state index in [2.05, 4.69) is 34.1 Å². The molecule has 10 heteroatoms. The number of nitrogens with zero attached hydrogens (tertiary/aromatic N) is 4. The molecule has 5 aromatic rings. The average molecular weight is 775 g/mol. The number of anilines is 8. The summed E-state index contributed by atoms with van der Waals surface area (Å²) in [6, 6.07) is 39.1. The molecule has 4 aliphatic rings. The molecule has 2 heterocycles. The molecule has 10 nitrogen and oxygen atoms in total. The van der Waals surface area contributed by atoms with Crippen molar-refractivity contribution in [3.63, 3.8) is 0 Å². The van der Waals surface area contributed by atoms with E-state index in [4.69, 9.17) is 9.47 Å². The van der Waals surface area contributed by atoms with Gasteiger partial charge in [-0.3, -0.25) is 29.0 Å². The molecule has 0 bridgehead atoms. The first-order valence-corrected chi connectivity index (χ1v) is 20.3. The molecule has 9 rings (SSSR count). The van der Waals surface area contributed by atoms with Crippen LogP contribution in [0.4, 0.5) is 45.5 Å². The Morgan fingerprint density at radius 1 is 0.379 bits per heavy atom. The van der Waals surface area contributed by atoms with Gasteiger partial charge in [-0.2, -0.15) is 0 Å². The molecule has 4 atom stereocenters. The van der Waals surface area contributed by atoms with Gasteiger partial charge in [0.05, 0.1) is 49.3 Å². The topological polar surface area (TPSA) is 99.7 Å². The molecule has 58 heavy (non-hydrogen) atoms.